The van der Waals surface area contributed by atoms with Gasteiger partial charge in [-0.1, -0.05) is 0 Å². The van der Waals surface area contributed by atoms with Gasteiger partial charge in [0.15, 0.2) is 0 Å². The van der Waals surface area contributed by atoms with Crippen LogP contribution in [-0.4, -0.2) is 35.0 Å². The molecule has 0 spiro atoms. The van der Waals surface area contributed by atoms with E-state index in [4.69, 9.17) is 0 Å². The summed E-state index contributed by atoms with van der Waals surface area (Å²) in [5, 5.41) is 6.01. The lowest BCUT2D eigenvalue weighted by atomic mass is 10.4. The number of imidazole rings is 1. The summed E-state index contributed by atoms with van der Waals surface area (Å²) < 4.78 is 0. The summed E-state index contributed by atoms with van der Waals surface area (Å²) in [6, 6.07) is 0.584. The van der Waals surface area contributed by atoms with Gasteiger partial charge in [-0.3, -0.25) is 4.79 Å². The molecule has 1 aliphatic carbocycles. The largest absolute Gasteiger partial charge is 0.355 e. The van der Waals surface area contributed by atoms with E-state index in [0.717, 1.165) is 12.2 Å². The van der Waals surface area contributed by atoms with Gasteiger partial charge in [0.2, 0.25) is 5.91 Å². The van der Waals surface area contributed by atoms with Crippen molar-refractivity contribution in [1.82, 2.24) is 20.6 Å². The van der Waals surface area contributed by atoms with Crippen molar-refractivity contribution in [3.63, 3.8) is 0 Å². The van der Waals surface area contributed by atoms with Gasteiger partial charge in [-0.25, -0.2) is 4.98 Å². The molecule has 0 atom stereocenters. The van der Waals surface area contributed by atoms with Gasteiger partial charge >= 0.3 is 0 Å². The maximum Gasteiger partial charge on any atom is 0.233 e. The van der Waals surface area contributed by atoms with Crippen molar-refractivity contribution in [1.29, 1.82) is 0 Å². The highest BCUT2D eigenvalue weighted by atomic mass is 16.1. The molecule has 0 bridgehead atoms. The van der Waals surface area contributed by atoms with Crippen LogP contribution in [0.2, 0.25) is 0 Å². The van der Waals surface area contributed by atoms with Crippen molar-refractivity contribution >= 4 is 5.91 Å². The van der Waals surface area contributed by atoms with Crippen LogP contribution in [0.15, 0.2) is 12.4 Å². The van der Waals surface area contributed by atoms with Crippen molar-refractivity contribution in [2.45, 2.75) is 25.3 Å². The number of H-pyrrole nitrogens is 1. The maximum absolute atomic E-state index is 11.3. The number of aromatic nitrogens is 2. The predicted molar refractivity (Wildman–Crippen MR) is 56.3 cm³/mol. The molecule has 1 aliphatic rings. The minimum absolute atomic E-state index is 0.0634. The van der Waals surface area contributed by atoms with Crippen LogP contribution in [0, 0.1) is 0 Å². The second kappa shape index (κ2) is 4.93. The first-order chi connectivity index (χ1) is 7.34. The molecule has 0 unspecified atom stereocenters. The second-order valence-corrected chi connectivity index (χ2v) is 3.79. The molecule has 0 aliphatic heterocycles. The number of nitrogens with one attached hydrogen (secondary N) is 3. The first-order valence-corrected chi connectivity index (χ1v) is 5.33. The topological polar surface area (TPSA) is 69.8 Å². The Labute approximate surface area is 88.7 Å². The van der Waals surface area contributed by atoms with E-state index >= 15 is 0 Å². The fourth-order valence-electron chi connectivity index (χ4n) is 1.34. The van der Waals surface area contributed by atoms with Crippen LogP contribution in [0.5, 0.6) is 0 Å². The molecule has 82 valence electrons. The van der Waals surface area contributed by atoms with E-state index in [1.54, 1.807) is 12.4 Å². The molecule has 1 amide bonds. The number of carbonyl (C=O) groups excluding carboxylic acids is 1. The third-order valence-corrected chi connectivity index (χ3v) is 2.37. The Morgan fingerprint density at radius 3 is 3.13 bits per heavy atom. The van der Waals surface area contributed by atoms with E-state index in [1.807, 2.05) is 0 Å². The van der Waals surface area contributed by atoms with E-state index in [9.17, 15) is 4.79 Å². The Morgan fingerprint density at radius 1 is 1.60 bits per heavy atom. The van der Waals surface area contributed by atoms with E-state index in [2.05, 4.69) is 20.6 Å². The molecule has 2 rings (SSSR count). The van der Waals surface area contributed by atoms with E-state index in [1.165, 1.54) is 12.8 Å². The van der Waals surface area contributed by atoms with Crippen molar-refractivity contribution in [2.24, 2.45) is 0 Å². The van der Waals surface area contributed by atoms with Crippen molar-refractivity contribution in [3.8, 4) is 0 Å². The minimum Gasteiger partial charge on any atom is -0.355 e. The van der Waals surface area contributed by atoms with Crippen LogP contribution in [0.4, 0.5) is 0 Å². The molecule has 3 N–H and O–H groups in total. The van der Waals surface area contributed by atoms with Crippen LogP contribution < -0.4 is 10.6 Å². The van der Waals surface area contributed by atoms with Crippen LogP contribution in [0.1, 0.15) is 18.7 Å². The van der Waals surface area contributed by atoms with Gasteiger partial charge in [0.05, 0.1) is 6.54 Å². The summed E-state index contributed by atoms with van der Waals surface area (Å²) in [5.74, 6) is 0.971. The molecule has 0 saturated heterocycles. The molecule has 0 aromatic carbocycles. The van der Waals surface area contributed by atoms with Gasteiger partial charge < -0.3 is 15.6 Å². The first kappa shape index (κ1) is 10.2. The van der Waals surface area contributed by atoms with Crippen molar-refractivity contribution < 1.29 is 4.79 Å². The quantitative estimate of drug-likeness (QED) is 0.607. The lowest BCUT2D eigenvalue weighted by Gasteiger charge is -2.04. The number of aromatic amines is 1. The fraction of sp³-hybridized carbons (Fsp3) is 0.600. The highest BCUT2D eigenvalue weighted by Crippen LogP contribution is 2.17. The molecule has 1 aromatic rings. The number of rotatable bonds is 6. The Morgan fingerprint density at radius 2 is 2.47 bits per heavy atom. The summed E-state index contributed by atoms with van der Waals surface area (Å²) in [5.41, 5.74) is 0. The van der Waals surface area contributed by atoms with Gasteiger partial charge in [0.1, 0.15) is 5.82 Å². The van der Waals surface area contributed by atoms with Gasteiger partial charge in [-0.05, 0) is 12.8 Å². The third-order valence-electron chi connectivity index (χ3n) is 2.37. The van der Waals surface area contributed by atoms with Gasteiger partial charge in [-0.15, -0.1) is 0 Å². The Kier molecular flexibility index (Phi) is 3.34. The van der Waals surface area contributed by atoms with E-state index in [-0.39, 0.29) is 5.91 Å². The normalized spacial score (nSPS) is 15.2. The highest BCUT2D eigenvalue weighted by molar-refractivity contribution is 5.78. The van der Waals surface area contributed by atoms with E-state index < -0.39 is 0 Å². The minimum atomic E-state index is 0.0634. The van der Waals surface area contributed by atoms with E-state index in [0.29, 0.717) is 19.1 Å². The lowest BCUT2D eigenvalue weighted by Crippen LogP contribution is -2.35. The van der Waals surface area contributed by atoms with Crippen LogP contribution >= 0.6 is 0 Å². The van der Waals surface area contributed by atoms with Crippen LogP contribution in [0.3, 0.4) is 0 Å². The maximum atomic E-state index is 11.3. The molecular weight excluding hydrogens is 192 g/mol. The average molecular weight is 208 g/mol. The Balaban J connectivity index is 1.54. The standard InChI is InChI=1S/C10H16N4O/c15-10(7-14-8-1-2-8)13-4-3-9-11-5-6-12-9/h5-6,8,14H,1-4,7H2,(H,11,12)(H,13,15). The Hall–Kier alpha value is -1.36. The van der Waals surface area contributed by atoms with Crippen molar-refractivity contribution in [2.75, 3.05) is 13.1 Å². The lowest BCUT2D eigenvalue weighted by molar-refractivity contribution is -0.120. The molecule has 1 aromatic heterocycles. The molecule has 15 heavy (non-hydrogen) atoms. The number of amides is 1. The summed E-state index contributed by atoms with van der Waals surface area (Å²) in [7, 11) is 0. The molecule has 5 nitrogen and oxygen atoms in total. The first-order valence-electron chi connectivity index (χ1n) is 5.33. The van der Waals surface area contributed by atoms with Crippen LogP contribution in [0.25, 0.3) is 0 Å². The monoisotopic (exact) mass is 208 g/mol. The molecule has 1 saturated carbocycles. The summed E-state index contributed by atoms with van der Waals surface area (Å²) >= 11 is 0. The zero-order valence-corrected chi connectivity index (χ0v) is 8.62. The summed E-state index contributed by atoms with van der Waals surface area (Å²) in [6.45, 7) is 1.07. The molecule has 0 radical (unpaired) electrons. The second-order valence-electron chi connectivity index (χ2n) is 3.79. The molecular formula is C10H16N4O. The highest BCUT2D eigenvalue weighted by Gasteiger charge is 2.20. The Bertz CT molecular complexity index is 305. The zero-order chi connectivity index (χ0) is 10.5. The van der Waals surface area contributed by atoms with Crippen molar-refractivity contribution in [3.05, 3.63) is 18.2 Å². The molecule has 1 fully saturated rings. The molecule has 1 heterocycles. The fourth-order valence-corrected chi connectivity index (χ4v) is 1.34. The summed E-state index contributed by atoms with van der Waals surface area (Å²) in [4.78, 5) is 18.4. The van der Waals surface area contributed by atoms with Gasteiger partial charge in [-0.2, -0.15) is 0 Å². The molecule has 5 heteroatoms. The SMILES string of the molecule is O=C(CNC1CC1)NCCc1ncc[nH]1. The predicted octanol–water partition coefficient (Wildman–Crippen LogP) is -0.180. The zero-order valence-electron chi connectivity index (χ0n) is 8.62. The smallest absolute Gasteiger partial charge is 0.233 e. The third kappa shape index (κ3) is 3.71. The number of hydrogen-bond donors (Lipinski definition) is 3. The number of hydrogen-bond acceptors (Lipinski definition) is 3. The number of carbonyl (C=O) groups is 1. The van der Waals surface area contributed by atoms with Gasteiger partial charge in [0, 0.05) is 31.4 Å². The number of nitrogens with zero attached hydrogens (tertiary/aromatic N) is 1. The van der Waals surface area contributed by atoms with Gasteiger partial charge in [0.25, 0.3) is 0 Å². The van der Waals surface area contributed by atoms with Crippen LogP contribution in [-0.2, 0) is 11.2 Å². The average Bonchev–Trinajstić information content (AvgIpc) is 2.92. The summed E-state index contributed by atoms with van der Waals surface area (Å²) in [6.07, 6.45) is 6.67.